The van der Waals surface area contributed by atoms with E-state index in [4.69, 9.17) is 9.72 Å². The Morgan fingerprint density at radius 2 is 2.30 bits per heavy atom. The van der Waals surface area contributed by atoms with Crippen LogP contribution in [0.15, 0.2) is 9.95 Å². The number of fused-ring (bicyclic) bond motifs is 3. The van der Waals surface area contributed by atoms with Gasteiger partial charge in [-0.1, -0.05) is 18.7 Å². The summed E-state index contributed by atoms with van der Waals surface area (Å²) in [6.45, 7) is 3.74. The van der Waals surface area contributed by atoms with Gasteiger partial charge in [-0.15, -0.1) is 11.3 Å². The number of thioether (sulfide) groups is 1. The molecule has 2 aromatic rings. The zero-order chi connectivity index (χ0) is 15.8. The van der Waals surface area contributed by atoms with Crippen LogP contribution in [0.25, 0.3) is 10.2 Å². The molecule has 3 heterocycles. The molecule has 0 amide bonds. The summed E-state index contributed by atoms with van der Waals surface area (Å²) in [4.78, 5) is 20.2. The van der Waals surface area contributed by atoms with Crippen LogP contribution >= 0.6 is 23.1 Å². The van der Waals surface area contributed by atoms with Crippen LogP contribution in [0.5, 0.6) is 0 Å². The van der Waals surface area contributed by atoms with E-state index in [1.54, 1.807) is 23.1 Å². The van der Waals surface area contributed by atoms with E-state index in [1.165, 1.54) is 16.9 Å². The Bertz CT molecular complexity index is 775. The SMILES string of the molecule is CCCn1c(SC[C@H]2CCCO2)nc2sc3c(c2c1=O)CCC3. The number of hydrogen-bond donors (Lipinski definition) is 0. The van der Waals surface area contributed by atoms with E-state index in [-0.39, 0.29) is 5.56 Å². The Labute approximate surface area is 144 Å². The van der Waals surface area contributed by atoms with Crippen molar-refractivity contribution in [3.8, 4) is 0 Å². The number of rotatable bonds is 5. The molecule has 0 spiro atoms. The maximum Gasteiger partial charge on any atom is 0.263 e. The number of hydrogen-bond acceptors (Lipinski definition) is 5. The minimum absolute atomic E-state index is 0.172. The second kappa shape index (κ2) is 6.57. The molecule has 6 heteroatoms. The van der Waals surface area contributed by atoms with Gasteiger partial charge < -0.3 is 4.74 Å². The summed E-state index contributed by atoms with van der Waals surface area (Å²) >= 11 is 3.42. The number of aryl methyl sites for hydroxylation is 2. The van der Waals surface area contributed by atoms with Crippen molar-refractivity contribution in [2.45, 2.75) is 63.3 Å². The van der Waals surface area contributed by atoms with Gasteiger partial charge in [0.15, 0.2) is 5.16 Å². The van der Waals surface area contributed by atoms with Gasteiger partial charge in [-0.25, -0.2) is 4.98 Å². The molecule has 0 unspecified atom stereocenters. The van der Waals surface area contributed by atoms with E-state index < -0.39 is 0 Å². The Hall–Kier alpha value is -0.850. The fourth-order valence-electron chi connectivity index (χ4n) is 3.53. The molecule has 0 bridgehead atoms. The molecule has 0 aromatic carbocycles. The summed E-state index contributed by atoms with van der Waals surface area (Å²) in [5.74, 6) is 0.896. The predicted octanol–water partition coefficient (Wildman–Crippen LogP) is 3.63. The zero-order valence-electron chi connectivity index (χ0n) is 13.5. The van der Waals surface area contributed by atoms with Crippen molar-refractivity contribution < 1.29 is 4.74 Å². The first kappa shape index (κ1) is 15.7. The number of aromatic nitrogens is 2. The summed E-state index contributed by atoms with van der Waals surface area (Å²) in [6.07, 6.45) is 6.88. The summed E-state index contributed by atoms with van der Waals surface area (Å²) in [7, 11) is 0. The topological polar surface area (TPSA) is 44.1 Å². The van der Waals surface area contributed by atoms with Gasteiger partial charge in [-0.3, -0.25) is 9.36 Å². The molecule has 4 rings (SSSR count). The van der Waals surface area contributed by atoms with E-state index in [0.717, 1.165) is 66.4 Å². The van der Waals surface area contributed by atoms with E-state index in [1.807, 2.05) is 4.57 Å². The van der Waals surface area contributed by atoms with Crippen molar-refractivity contribution in [3.05, 3.63) is 20.8 Å². The van der Waals surface area contributed by atoms with Gasteiger partial charge in [0.2, 0.25) is 0 Å². The highest BCUT2D eigenvalue weighted by Crippen LogP contribution is 2.35. The van der Waals surface area contributed by atoms with Crippen LogP contribution in [-0.4, -0.2) is 28.0 Å². The lowest BCUT2D eigenvalue weighted by molar-refractivity contribution is 0.129. The average molecular weight is 351 g/mol. The standard InChI is InChI=1S/C17H22N2O2S2/c1-2-8-19-16(20)14-12-6-3-7-13(12)23-15(14)18-17(19)22-10-11-5-4-9-21-11/h11H,2-10H2,1H3/t11-/m1/s1. The van der Waals surface area contributed by atoms with Gasteiger partial charge in [0.05, 0.1) is 11.5 Å². The molecular formula is C17H22N2O2S2. The number of thiophene rings is 1. The van der Waals surface area contributed by atoms with E-state index in [9.17, 15) is 4.79 Å². The molecule has 1 fully saturated rings. The van der Waals surface area contributed by atoms with E-state index in [0.29, 0.717) is 6.10 Å². The quantitative estimate of drug-likeness (QED) is 0.610. The third-order valence-corrected chi connectivity index (χ3v) is 6.95. The summed E-state index contributed by atoms with van der Waals surface area (Å²) in [6, 6.07) is 0. The Balaban J connectivity index is 1.73. The maximum absolute atomic E-state index is 13.0. The van der Waals surface area contributed by atoms with Crippen molar-refractivity contribution >= 4 is 33.3 Å². The molecule has 1 saturated heterocycles. The normalized spacial score (nSPS) is 20.5. The lowest BCUT2D eigenvalue weighted by atomic mass is 10.2. The first-order chi connectivity index (χ1) is 11.3. The van der Waals surface area contributed by atoms with E-state index >= 15 is 0 Å². The van der Waals surface area contributed by atoms with Crippen LogP contribution in [0.4, 0.5) is 0 Å². The van der Waals surface area contributed by atoms with Crippen LogP contribution in [0.2, 0.25) is 0 Å². The Morgan fingerprint density at radius 3 is 3.09 bits per heavy atom. The molecule has 0 N–H and O–H groups in total. The van der Waals surface area contributed by atoms with Gasteiger partial charge >= 0.3 is 0 Å². The second-order valence-corrected chi connectivity index (χ2v) is 8.41. The van der Waals surface area contributed by atoms with Crippen LogP contribution in [0.3, 0.4) is 0 Å². The van der Waals surface area contributed by atoms with Crippen LogP contribution in [0, 0.1) is 0 Å². The molecule has 2 aromatic heterocycles. The van der Waals surface area contributed by atoms with Crippen LogP contribution in [-0.2, 0) is 24.1 Å². The molecule has 23 heavy (non-hydrogen) atoms. The van der Waals surface area contributed by atoms with E-state index in [2.05, 4.69) is 6.92 Å². The molecule has 0 saturated carbocycles. The van der Waals surface area contributed by atoms with Gasteiger partial charge in [-0.05, 0) is 44.1 Å². The Morgan fingerprint density at radius 1 is 1.39 bits per heavy atom. The second-order valence-electron chi connectivity index (χ2n) is 6.33. The molecule has 2 aliphatic rings. The largest absolute Gasteiger partial charge is 0.377 e. The fraction of sp³-hybridized carbons (Fsp3) is 0.647. The highest BCUT2D eigenvalue weighted by Gasteiger charge is 2.24. The first-order valence-corrected chi connectivity index (χ1v) is 10.4. The Kier molecular flexibility index (Phi) is 4.48. The van der Waals surface area contributed by atoms with Crippen LogP contribution in [0.1, 0.15) is 43.0 Å². The molecule has 1 aliphatic carbocycles. The monoisotopic (exact) mass is 350 g/mol. The molecule has 1 atom stereocenters. The summed E-state index contributed by atoms with van der Waals surface area (Å²) in [5, 5.41) is 1.78. The minimum atomic E-state index is 0.172. The molecule has 124 valence electrons. The van der Waals surface area contributed by atoms with Crippen molar-refractivity contribution in [1.29, 1.82) is 0 Å². The summed E-state index contributed by atoms with van der Waals surface area (Å²) < 4.78 is 7.60. The highest BCUT2D eigenvalue weighted by atomic mass is 32.2. The molecule has 0 radical (unpaired) electrons. The van der Waals surface area contributed by atoms with Gasteiger partial charge in [0.1, 0.15) is 4.83 Å². The molecule has 1 aliphatic heterocycles. The lowest BCUT2D eigenvalue weighted by Gasteiger charge is -2.13. The third kappa shape index (κ3) is 2.85. The first-order valence-electron chi connectivity index (χ1n) is 8.57. The minimum Gasteiger partial charge on any atom is -0.377 e. The fourth-order valence-corrected chi connectivity index (χ4v) is 5.93. The van der Waals surface area contributed by atoms with Crippen molar-refractivity contribution in [2.24, 2.45) is 0 Å². The maximum atomic E-state index is 13.0. The molecule has 4 nitrogen and oxygen atoms in total. The third-order valence-electron chi connectivity index (χ3n) is 4.66. The predicted molar refractivity (Wildman–Crippen MR) is 95.9 cm³/mol. The van der Waals surface area contributed by atoms with Crippen molar-refractivity contribution in [2.75, 3.05) is 12.4 Å². The van der Waals surface area contributed by atoms with Crippen molar-refractivity contribution in [3.63, 3.8) is 0 Å². The summed E-state index contributed by atoms with van der Waals surface area (Å²) in [5.41, 5.74) is 1.45. The van der Waals surface area contributed by atoms with Gasteiger partial charge in [0, 0.05) is 23.8 Å². The average Bonchev–Trinajstić information content (AvgIpc) is 3.24. The van der Waals surface area contributed by atoms with Crippen LogP contribution < -0.4 is 5.56 Å². The zero-order valence-corrected chi connectivity index (χ0v) is 15.1. The molecular weight excluding hydrogens is 328 g/mol. The van der Waals surface area contributed by atoms with Gasteiger partial charge in [0.25, 0.3) is 5.56 Å². The lowest BCUT2D eigenvalue weighted by Crippen LogP contribution is -2.24. The smallest absolute Gasteiger partial charge is 0.263 e. The number of ether oxygens (including phenoxy) is 1. The van der Waals surface area contributed by atoms with Crippen molar-refractivity contribution in [1.82, 2.24) is 9.55 Å². The number of nitrogens with zero attached hydrogens (tertiary/aromatic N) is 2. The highest BCUT2D eigenvalue weighted by molar-refractivity contribution is 7.99. The van der Waals surface area contributed by atoms with Gasteiger partial charge in [-0.2, -0.15) is 0 Å².